The van der Waals surface area contributed by atoms with Crippen LogP contribution in [-0.4, -0.2) is 34.7 Å². The first-order valence-corrected chi connectivity index (χ1v) is 7.23. The Balaban J connectivity index is 1.74. The van der Waals surface area contributed by atoms with Crippen LogP contribution in [0, 0.1) is 0 Å². The third-order valence-corrected chi connectivity index (χ3v) is 3.41. The monoisotopic (exact) mass is 298 g/mol. The van der Waals surface area contributed by atoms with Gasteiger partial charge >= 0.3 is 12.0 Å². The number of amides is 2. The molecule has 0 spiro atoms. The molecule has 2 amide bonds. The molecule has 1 heterocycles. The first-order chi connectivity index (χ1) is 9.67. The summed E-state index contributed by atoms with van der Waals surface area (Å²) in [6.07, 6.45) is 6.69. The summed E-state index contributed by atoms with van der Waals surface area (Å²) >= 11 is 5.72. The van der Waals surface area contributed by atoms with Crippen molar-refractivity contribution in [2.75, 3.05) is 6.54 Å². The van der Waals surface area contributed by atoms with E-state index in [0.717, 1.165) is 25.7 Å². The van der Waals surface area contributed by atoms with Gasteiger partial charge in [0.15, 0.2) is 0 Å². The molecule has 6 nitrogen and oxygen atoms in total. The Bertz CT molecular complexity index is 433. The van der Waals surface area contributed by atoms with Gasteiger partial charge in [-0.25, -0.2) is 14.8 Å². The highest BCUT2D eigenvalue weighted by atomic mass is 35.5. The zero-order valence-electron chi connectivity index (χ0n) is 11.4. The molecule has 2 rings (SSSR count). The molecule has 1 fully saturated rings. The lowest BCUT2D eigenvalue weighted by Crippen LogP contribution is -2.44. The second-order valence-corrected chi connectivity index (χ2v) is 5.22. The molecule has 1 saturated carbocycles. The maximum Gasteiger partial charge on any atom is 0.316 e. The van der Waals surface area contributed by atoms with E-state index < -0.39 is 0 Å². The molecule has 1 aromatic rings. The van der Waals surface area contributed by atoms with Crippen LogP contribution in [0.15, 0.2) is 12.4 Å². The number of hydrogen-bond donors (Lipinski definition) is 2. The molecule has 20 heavy (non-hydrogen) atoms. The van der Waals surface area contributed by atoms with Crippen molar-refractivity contribution >= 4 is 17.6 Å². The van der Waals surface area contributed by atoms with Gasteiger partial charge in [-0.1, -0.05) is 11.6 Å². The maximum absolute atomic E-state index is 11.4. The summed E-state index contributed by atoms with van der Waals surface area (Å²) in [5, 5.41) is 6.19. The van der Waals surface area contributed by atoms with Gasteiger partial charge in [0.2, 0.25) is 0 Å². The summed E-state index contributed by atoms with van der Waals surface area (Å²) in [6.45, 7) is 2.54. The second kappa shape index (κ2) is 7.28. The molecule has 1 aliphatic carbocycles. The molecule has 1 aromatic heterocycles. The van der Waals surface area contributed by atoms with Gasteiger partial charge in [0.1, 0.15) is 6.10 Å². The zero-order valence-corrected chi connectivity index (χ0v) is 12.2. The van der Waals surface area contributed by atoms with Gasteiger partial charge in [0, 0.05) is 12.6 Å². The molecule has 0 atom stereocenters. The van der Waals surface area contributed by atoms with Crippen LogP contribution in [0.2, 0.25) is 5.02 Å². The lowest BCUT2D eigenvalue weighted by molar-refractivity contribution is 0.129. The second-order valence-electron chi connectivity index (χ2n) is 4.78. The van der Waals surface area contributed by atoms with Crippen LogP contribution in [0.5, 0.6) is 6.01 Å². The number of aromatic nitrogens is 2. The van der Waals surface area contributed by atoms with Gasteiger partial charge in [-0.05, 0) is 32.6 Å². The van der Waals surface area contributed by atoms with Crippen LogP contribution in [0.3, 0.4) is 0 Å². The Kier molecular flexibility index (Phi) is 5.40. The number of carbonyl (C=O) groups excluding carboxylic acids is 1. The number of carbonyl (C=O) groups is 1. The number of hydrogen-bond acceptors (Lipinski definition) is 4. The Morgan fingerprint density at radius 2 is 2.00 bits per heavy atom. The summed E-state index contributed by atoms with van der Waals surface area (Å²) in [5.74, 6) is 0. The highest BCUT2D eigenvalue weighted by Gasteiger charge is 2.24. The molecule has 0 aromatic carbocycles. The minimum absolute atomic E-state index is 0.0992. The van der Waals surface area contributed by atoms with Crippen molar-refractivity contribution in [2.24, 2.45) is 0 Å². The van der Waals surface area contributed by atoms with Crippen molar-refractivity contribution in [3.05, 3.63) is 17.4 Å². The van der Waals surface area contributed by atoms with Crippen molar-refractivity contribution in [1.82, 2.24) is 20.6 Å². The number of nitrogens with zero attached hydrogens (tertiary/aromatic N) is 2. The predicted octanol–water partition coefficient (Wildman–Crippen LogP) is 2.14. The summed E-state index contributed by atoms with van der Waals surface area (Å²) in [7, 11) is 0. The van der Waals surface area contributed by atoms with Crippen molar-refractivity contribution in [1.29, 1.82) is 0 Å². The first kappa shape index (κ1) is 14.8. The van der Waals surface area contributed by atoms with Gasteiger partial charge in [-0.2, -0.15) is 0 Å². The minimum Gasteiger partial charge on any atom is -0.460 e. The topological polar surface area (TPSA) is 76.1 Å². The van der Waals surface area contributed by atoms with Crippen molar-refractivity contribution < 1.29 is 9.53 Å². The largest absolute Gasteiger partial charge is 0.460 e. The molecule has 0 saturated heterocycles. The fourth-order valence-electron chi connectivity index (χ4n) is 2.23. The number of halogens is 1. The number of urea groups is 1. The first-order valence-electron chi connectivity index (χ1n) is 6.86. The maximum atomic E-state index is 11.4. The number of rotatable bonds is 4. The van der Waals surface area contributed by atoms with Crippen molar-refractivity contribution in [2.45, 2.75) is 44.8 Å². The summed E-state index contributed by atoms with van der Waals surface area (Å²) in [5.41, 5.74) is 0. The van der Waals surface area contributed by atoms with Crippen LogP contribution < -0.4 is 15.4 Å². The molecule has 110 valence electrons. The lowest BCUT2D eigenvalue weighted by atomic mass is 9.93. The van der Waals surface area contributed by atoms with E-state index in [0.29, 0.717) is 17.6 Å². The summed E-state index contributed by atoms with van der Waals surface area (Å²) in [4.78, 5) is 19.5. The number of nitrogens with one attached hydrogen (secondary N) is 2. The van der Waals surface area contributed by atoms with E-state index in [9.17, 15) is 4.79 Å². The zero-order chi connectivity index (χ0) is 14.4. The third-order valence-electron chi connectivity index (χ3n) is 3.22. The SMILES string of the molecule is CCNC(=O)NC1CCC(Oc2ncc(Cl)cn2)CC1. The Hall–Kier alpha value is -1.56. The van der Waals surface area contributed by atoms with E-state index in [1.54, 1.807) is 0 Å². The van der Waals surface area contributed by atoms with E-state index in [2.05, 4.69) is 20.6 Å². The van der Waals surface area contributed by atoms with E-state index in [4.69, 9.17) is 16.3 Å². The van der Waals surface area contributed by atoms with Crippen LogP contribution in [0.4, 0.5) is 4.79 Å². The van der Waals surface area contributed by atoms with Gasteiger partial charge in [0.25, 0.3) is 0 Å². The molecule has 0 aliphatic heterocycles. The van der Waals surface area contributed by atoms with Gasteiger partial charge in [0.05, 0.1) is 17.4 Å². The normalized spacial score (nSPS) is 22.1. The number of ether oxygens (including phenoxy) is 1. The van der Waals surface area contributed by atoms with Crippen LogP contribution in [-0.2, 0) is 0 Å². The van der Waals surface area contributed by atoms with Gasteiger partial charge in [-0.3, -0.25) is 0 Å². The molecule has 0 radical (unpaired) electrons. The third kappa shape index (κ3) is 4.52. The highest BCUT2D eigenvalue weighted by Crippen LogP contribution is 2.22. The van der Waals surface area contributed by atoms with Crippen molar-refractivity contribution in [3.8, 4) is 6.01 Å². The average Bonchev–Trinajstić information content (AvgIpc) is 2.44. The Morgan fingerprint density at radius 1 is 1.35 bits per heavy atom. The van der Waals surface area contributed by atoms with Crippen LogP contribution >= 0.6 is 11.6 Å². The minimum atomic E-state index is -0.0992. The fraction of sp³-hybridized carbons (Fsp3) is 0.615. The lowest BCUT2D eigenvalue weighted by Gasteiger charge is -2.28. The average molecular weight is 299 g/mol. The standard InChI is InChI=1S/C13H19ClN4O2/c1-2-15-12(19)18-10-3-5-11(6-4-10)20-13-16-7-9(14)8-17-13/h7-8,10-11H,2-6H2,1H3,(H2,15,18,19). The smallest absolute Gasteiger partial charge is 0.316 e. The quantitative estimate of drug-likeness (QED) is 0.893. The molecular formula is C13H19ClN4O2. The van der Waals surface area contributed by atoms with E-state index in [1.807, 2.05) is 6.92 Å². The van der Waals surface area contributed by atoms with Crippen LogP contribution in [0.1, 0.15) is 32.6 Å². The van der Waals surface area contributed by atoms with E-state index >= 15 is 0 Å². The molecule has 1 aliphatic rings. The van der Waals surface area contributed by atoms with Crippen molar-refractivity contribution in [3.63, 3.8) is 0 Å². The van der Waals surface area contributed by atoms with Crippen LogP contribution in [0.25, 0.3) is 0 Å². The molecule has 0 bridgehead atoms. The molecule has 2 N–H and O–H groups in total. The van der Waals surface area contributed by atoms with E-state index in [1.165, 1.54) is 12.4 Å². The summed E-state index contributed by atoms with van der Waals surface area (Å²) in [6, 6.07) is 0.472. The highest BCUT2D eigenvalue weighted by molar-refractivity contribution is 6.30. The predicted molar refractivity (Wildman–Crippen MR) is 75.9 cm³/mol. The Morgan fingerprint density at radius 3 is 2.60 bits per heavy atom. The van der Waals surface area contributed by atoms with Gasteiger partial charge in [-0.15, -0.1) is 0 Å². The fourth-order valence-corrected chi connectivity index (χ4v) is 2.33. The Labute approximate surface area is 123 Å². The molecule has 0 unspecified atom stereocenters. The molecule has 7 heteroatoms. The van der Waals surface area contributed by atoms with E-state index in [-0.39, 0.29) is 18.2 Å². The van der Waals surface area contributed by atoms with Gasteiger partial charge < -0.3 is 15.4 Å². The molecular weight excluding hydrogens is 280 g/mol. The summed E-state index contributed by atoms with van der Waals surface area (Å²) < 4.78 is 5.70.